The molecule has 5 heteroatoms. The first kappa shape index (κ1) is 9.86. The minimum atomic E-state index is 0.203. The van der Waals surface area contributed by atoms with Gasteiger partial charge >= 0.3 is 0 Å². The van der Waals surface area contributed by atoms with Gasteiger partial charge in [0.2, 0.25) is 0 Å². The highest BCUT2D eigenvalue weighted by Crippen LogP contribution is 2.19. The van der Waals surface area contributed by atoms with Crippen molar-refractivity contribution >= 4 is 28.7 Å². The molecule has 1 aromatic rings. The third kappa shape index (κ3) is 2.65. The summed E-state index contributed by atoms with van der Waals surface area (Å²) in [5.41, 5.74) is 0. The van der Waals surface area contributed by atoms with Crippen LogP contribution >= 0.6 is 23.6 Å². The number of aromatic nitrogens is 1. The van der Waals surface area contributed by atoms with Crippen molar-refractivity contribution in [2.24, 2.45) is 0 Å². The summed E-state index contributed by atoms with van der Waals surface area (Å²) in [4.78, 5) is 4.23. The lowest BCUT2D eigenvalue weighted by Crippen LogP contribution is -2.37. The Morgan fingerprint density at radius 3 is 3.07 bits per heavy atom. The van der Waals surface area contributed by atoms with Crippen LogP contribution in [-0.4, -0.2) is 16.1 Å². The van der Waals surface area contributed by atoms with Crippen LogP contribution in [0.4, 0.5) is 0 Å². The second kappa shape index (κ2) is 4.23. The van der Waals surface area contributed by atoms with Crippen molar-refractivity contribution in [1.82, 2.24) is 15.6 Å². The van der Waals surface area contributed by atoms with Gasteiger partial charge in [0, 0.05) is 17.6 Å². The molecule has 0 spiro atoms. The average Bonchev–Trinajstić information content (AvgIpc) is 2.80. The van der Waals surface area contributed by atoms with E-state index in [2.05, 4.69) is 22.5 Å². The third-order valence-electron chi connectivity index (χ3n) is 2.08. The summed E-state index contributed by atoms with van der Waals surface area (Å²) in [6, 6.07) is 0.812. The second-order valence-electron chi connectivity index (χ2n) is 3.48. The number of nitrogens with zero attached hydrogens (tertiary/aromatic N) is 1. The molecule has 1 atom stereocenters. The Labute approximate surface area is 92.9 Å². The first-order valence-electron chi connectivity index (χ1n) is 4.72. The van der Waals surface area contributed by atoms with Crippen LogP contribution in [0.3, 0.4) is 0 Å². The van der Waals surface area contributed by atoms with Gasteiger partial charge in [0.15, 0.2) is 5.11 Å². The average molecular weight is 227 g/mol. The molecule has 0 radical (unpaired) electrons. The summed E-state index contributed by atoms with van der Waals surface area (Å²) >= 11 is 6.82. The lowest BCUT2D eigenvalue weighted by atomic mass is 10.4. The molecule has 1 unspecified atom stereocenters. The van der Waals surface area contributed by atoms with Crippen molar-refractivity contribution in [2.75, 3.05) is 0 Å². The van der Waals surface area contributed by atoms with Gasteiger partial charge in [0.25, 0.3) is 0 Å². The fourth-order valence-corrected chi connectivity index (χ4v) is 2.15. The van der Waals surface area contributed by atoms with Crippen molar-refractivity contribution in [3.8, 4) is 0 Å². The van der Waals surface area contributed by atoms with Crippen LogP contribution in [0, 0.1) is 0 Å². The Morgan fingerprint density at radius 2 is 2.50 bits per heavy atom. The zero-order valence-electron chi connectivity index (χ0n) is 7.99. The minimum Gasteiger partial charge on any atom is -0.360 e. The van der Waals surface area contributed by atoms with E-state index in [9.17, 15) is 0 Å². The van der Waals surface area contributed by atoms with Crippen LogP contribution < -0.4 is 10.6 Å². The molecule has 0 aromatic carbocycles. The van der Waals surface area contributed by atoms with E-state index < -0.39 is 0 Å². The SMILES string of the molecule is CC(NC(=S)NC1CC1)c1nccs1. The van der Waals surface area contributed by atoms with Crippen LogP contribution in [0.2, 0.25) is 0 Å². The first-order chi connectivity index (χ1) is 6.75. The van der Waals surface area contributed by atoms with Gasteiger partial charge in [-0.15, -0.1) is 11.3 Å². The minimum absolute atomic E-state index is 0.203. The Hall–Kier alpha value is -0.680. The van der Waals surface area contributed by atoms with E-state index in [1.165, 1.54) is 12.8 Å². The molecule has 0 aliphatic heterocycles. The summed E-state index contributed by atoms with van der Waals surface area (Å²) in [5, 5.41) is 10.3. The molecule has 76 valence electrons. The molecule has 1 aliphatic carbocycles. The molecule has 0 bridgehead atoms. The summed E-state index contributed by atoms with van der Waals surface area (Å²) in [7, 11) is 0. The largest absolute Gasteiger partial charge is 0.360 e. The number of nitrogens with one attached hydrogen (secondary N) is 2. The highest BCUT2D eigenvalue weighted by atomic mass is 32.1. The molecule has 0 saturated heterocycles. The highest BCUT2D eigenvalue weighted by molar-refractivity contribution is 7.80. The number of rotatable bonds is 3. The number of hydrogen-bond donors (Lipinski definition) is 2. The number of hydrogen-bond acceptors (Lipinski definition) is 3. The fraction of sp³-hybridized carbons (Fsp3) is 0.556. The van der Waals surface area contributed by atoms with E-state index in [1.807, 2.05) is 11.6 Å². The normalized spacial score (nSPS) is 17.5. The number of thiocarbonyl (C=S) groups is 1. The molecule has 1 aliphatic rings. The van der Waals surface area contributed by atoms with Gasteiger partial charge in [-0.05, 0) is 32.0 Å². The maximum Gasteiger partial charge on any atom is 0.167 e. The van der Waals surface area contributed by atoms with E-state index in [0.29, 0.717) is 6.04 Å². The smallest absolute Gasteiger partial charge is 0.167 e. The van der Waals surface area contributed by atoms with Crippen molar-refractivity contribution in [3.05, 3.63) is 16.6 Å². The molecule has 1 aromatic heterocycles. The molecule has 0 amide bonds. The van der Waals surface area contributed by atoms with Crippen LogP contribution in [0.1, 0.15) is 30.8 Å². The third-order valence-corrected chi connectivity index (χ3v) is 3.28. The predicted octanol–water partition coefficient (Wildman–Crippen LogP) is 1.83. The van der Waals surface area contributed by atoms with Crippen molar-refractivity contribution in [1.29, 1.82) is 0 Å². The standard InChI is InChI=1S/C9H13N3S2/c1-6(8-10-4-5-14-8)11-9(13)12-7-2-3-7/h4-7H,2-3H2,1H3,(H2,11,12,13). The lowest BCUT2D eigenvalue weighted by Gasteiger charge is -2.14. The summed E-state index contributed by atoms with van der Waals surface area (Å²) in [6.45, 7) is 2.07. The maximum absolute atomic E-state index is 5.18. The van der Waals surface area contributed by atoms with Gasteiger partial charge in [-0.2, -0.15) is 0 Å². The first-order valence-corrected chi connectivity index (χ1v) is 6.01. The van der Waals surface area contributed by atoms with E-state index in [-0.39, 0.29) is 6.04 Å². The Bertz CT molecular complexity index is 306. The molecular formula is C9H13N3S2. The van der Waals surface area contributed by atoms with Gasteiger partial charge in [-0.3, -0.25) is 0 Å². The number of thiazole rings is 1. The van der Waals surface area contributed by atoms with Gasteiger partial charge in [0.1, 0.15) is 5.01 Å². The molecule has 1 heterocycles. The molecule has 2 rings (SSSR count). The fourth-order valence-electron chi connectivity index (χ4n) is 1.16. The van der Waals surface area contributed by atoms with Crippen molar-refractivity contribution in [2.45, 2.75) is 31.8 Å². The zero-order valence-corrected chi connectivity index (χ0v) is 9.62. The van der Waals surface area contributed by atoms with Crippen LogP contribution in [0.15, 0.2) is 11.6 Å². The highest BCUT2D eigenvalue weighted by Gasteiger charge is 2.22. The zero-order chi connectivity index (χ0) is 9.97. The quantitative estimate of drug-likeness (QED) is 0.773. The summed E-state index contributed by atoms with van der Waals surface area (Å²) < 4.78 is 0. The predicted molar refractivity (Wildman–Crippen MR) is 62.4 cm³/mol. The topological polar surface area (TPSA) is 37.0 Å². The van der Waals surface area contributed by atoms with Gasteiger partial charge < -0.3 is 10.6 Å². The molecular weight excluding hydrogens is 214 g/mol. The molecule has 2 N–H and O–H groups in total. The van der Waals surface area contributed by atoms with Crippen molar-refractivity contribution < 1.29 is 0 Å². The maximum atomic E-state index is 5.18. The summed E-state index contributed by atoms with van der Waals surface area (Å²) in [5.74, 6) is 0. The Balaban J connectivity index is 1.81. The van der Waals surface area contributed by atoms with E-state index in [0.717, 1.165) is 10.1 Å². The van der Waals surface area contributed by atoms with E-state index in [4.69, 9.17) is 12.2 Å². The summed E-state index contributed by atoms with van der Waals surface area (Å²) in [6.07, 6.45) is 4.30. The monoisotopic (exact) mass is 227 g/mol. The van der Waals surface area contributed by atoms with Crippen LogP contribution in [0.25, 0.3) is 0 Å². The van der Waals surface area contributed by atoms with E-state index >= 15 is 0 Å². The second-order valence-corrected chi connectivity index (χ2v) is 4.82. The molecule has 1 fully saturated rings. The van der Waals surface area contributed by atoms with Gasteiger partial charge in [-0.1, -0.05) is 0 Å². The van der Waals surface area contributed by atoms with E-state index in [1.54, 1.807) is 11.3 Å². The Kier molecular flexibility index (Phi) is 2.98. The van der Waals surface area contributed by atoms with Crippen LogP contribution in [0.5, 0.6) is 0 Å². The molecule has 14 heavy (non-hydrogen) atoms. The van der Waals surface area contributed by atoms with Crippen LogP contribution in [-0.2, 0) is 0 Å². The lowest BCUT2D eigenvalue weighted by molar-refractivity contribution is 0.691. The Morgan fingerprint density at radius 1 is 1.71 bits per heavy atom. The molecule has 1 saturated carbocycles. The molecule has 3 nitrogen and oxygen atoms in total. The van der Waals surface area contributed by atoms with Gasteiger partial charge in [0.05, 0.1) is 6.04 Å². The van der Waals surface area contributed by atoms with Gasteiger partial charge in [-0.25, -0.2) is 4.98 Å². The van der Waals surface area contributed by atoms with Crippen molar-refractivity contribution in [3.63, 3.8) is 0 Å².